The largest absolute Gasteiger partial charge is 0.382 e. The van der Waals surface area contributed by atoms with Crippen LogP contribution in [0.4, 0.5) is 10.1 Å². The number of hydrogen-bond acceptors (Lipinski definition) is 4. The molecule has 23 heavy (non-hydrogen) atoms. The molecule has 0 radical (unpaired) electrons. The van der Waals surface area contributed by atoms with Gasteiger partial charge in [0, 0.05) is 13.1 Å². The Hall–Kier alpha value is -2.91. The molecule has 2 rings (SSSR count). The summed E-state index contributed by atoms with van der Waals surface area (Å²) >= 11 is 0. The van der Waals surface area contributed by atoms with Crippen molar-refractivity contribution in [3.05, 3.63) is 65.5 Å². The molecule has 0 bridgehead atoms. The highest BCUT2D eigenvalue weighted by molar-refractivity contribution is 5.81. The van der Waals surface area contributed by atoms with Crippen molar-refractivity contribution in [3.63, 3.8) is 0 Å². The summed E-state index contributed by atoms with van der Waals surface area (Å²) in [7, 11) is 0. The van der Waals surface area contributed by atoms with E-state index in [1.807, 2.05) is 0 Å². The number of nitrogens with one attached hydrogen (secondary N) is 2. The Bertz CT molecular complexity index is 714. The molecule has 5 nitrogen and oxygen atoms in total. The van der Waals surface area contributed by atoms with Crippen LogP contribution in [0.2, 0.25) is 0 Å². The average molecular weight is 313 g/mol. The van der Waals surface area contributed by atoms with E-state index in [2.05, 4.69) is 10.6 Å². The number of nitriles is 1. The molecule has 0 aliphatic rings. The van der Waals surface area contributed by atoms with Gasteiger partial charge in [0.05, 0.1) is 5.69 Å². The molecule has 6 heteroatoms. The van der Waals surface area contributed by atoms with Gasteiger partial charge in [-0.15, -0.1) is 0 Å². The van der Waals surface area contributed by atoms with Crippen molar-refractivity contribution < 1.29 is 14.3 Å². The maximum atomic E-state index is 13.4. The maximum absolute atomic E-state index is 13.4. The lowest BCUT2D eigenvalue weighted by molar-refractivity contribution is -0.129. The topological polar surface area (TPSA) is 85.2 Å². The molecule has 1 unspecified atom stereocenters. The second-order valence-electron chi connectivity index (χ2n) is 4.81. The molecule has 0 saturated heterocycles. The number of rotatable bonds is 6. The van der Waals surface area contributed by atoms with Gasteiger partial charge in [-0.05, 0) is 17.7 Å². The molecule has 0 aliphatic heterocycles. The molecular weight excluding hydrogens is 297 g/mol. The Balaban J connectivity index is 1.83. The van der Waals surface area contributed by atoms with Crippen molar-refractivity contribution in [2.75, 3.05) is 18.4 Å². The van der Waals surface area contributed by atoms with Gasteiger partial charge in [-0.2, -0.15) is 5.26 Å². The molecule has 0 saturated carbocycles. The molecule has 0 fully saturated rings. The smallest absolute Gasteiger partial charge is 0.253 e. The number of aliphatic hydroxyl groups excluding tert-OH is 1. The van der Waals surface area contributed by atoms with E-state index in [-0.39, 0.29) is 12.1 Å². The minimum absolute atomic E-state index is 0.0665. The predicted octanol–water partition coefficient (Wildman–Crippen LogP) is 1.96. The van der Waals surface area contributed by atoms with Crippen molar-refractivity contribution >= 4 is 11.6 Å². The first kappa shape index (κ1) is 16.5. The van der Waals surface area contributed by atoms with Crippen LogP contribution in [-0.4, -0.2) is 24.1 Å². The lowest BCUT2D eigenvalue weighted by atomic mass is 10.1. The number of halogens is 1. The summed E-state index contributed by atoms with van der Waals surface area (Å²) in [6.07, 6.45) is -1.24. The monoisotopic (exact) mass is 313 g/mol. The third-order valence-corrected chi connectivity index (χ3v) is 3.23. The molecule has 0 aliphatic carbocycles. The SMILES string of the molecule is N#Cc1c(F)cccc1NCCNC(=O)C(O)c1ccccc1. The number of hydrogen-bond donors (Lipinski definition) is 3. The summed E-state index contributed by atoms with van der Waals surface area (Å²) in [5, 5.41) is 24.3. The van der Waals surface area contributed by atoms with Crippen LogP contribution in [-0.2, 0) is 4.79 Å². The summed E-state index contributed by atoms with van der Waals surface area (Å²) < 4.78 is 13.4. The fourth-order valence-electron chi connectivity index (χ4n) is 2.05. The molecular formula is C17H16FN3O2. The fourth-order valence-corrected chi connectivity index (χ4v) is 2.05. The van der Waals surface area contributed by atoms with E-state index in [1.54, 1.807) is 42.5 Å². The van der Waals surface area contributed by atoms with Gasteiger partial charge in [0.2, 0.25) is 0 Å². The molecule has 118 valence electrons. The molecule has 3 N–H and O–H groups in total. The number of carbonyl (C=O) groups is 1. The van der Waals surface area contributed by atoms with Crippen LogP contribution in [0.5, 0.6) is 0 Å². The van der Waals surface area contributed by atoms with Crippen LogP contribution >= 0.6 is 0 Å². The molecule has 1 amide bonds. The van der Waals surface area contributed by atoms with Gasteiger partial charge >= 0.3 is 0 Å². The Morgan fingerprint density at radius 3 is 2.61 bits per heavy atom. The zero-order chi connectivity index (χ0) is 16.7. The summed E-state index contributed by atoms with van der Waals surface area (Å²) in [6, 6.07) is 14.7. The third-order valence-electron chi connectivity index (χ3n) is 3.23. The van der Waals surface area contributed by atoms with Crippen LogP contribution in [0.1, 0.15) is 17.2 Å². The van der Waals surface area contributed by atoms with Crippen molar-refractivity contribution in [1.29, 1.82) is 5.26 Å². The Labute approximate surface area is 133 Å². The standard InChI is InChI=1S/C17H16FN3O2/c18-14-7-4-8-15(13(14)11-19)20-9-10-21-17(23)16(22)12-5-2-1-3-6-12/h1-8,16,20,22H,9-10H2,(H,21,23). The first-order valence-electron chi connectivity index (χ1n) is 7.06. The summed E-state index contributed by atoms with van der Waals surface area (Å²) in [5.74, 6) is -1.11. The van der Waals surface area contributed by atoms with Gasteiger partial charge < -0.3 is 15.7 Å². The number of anilines is 1. The van der Waals surface area contributed by atoms with Crippen molar-refractivity contribution in [3.8, 4) is 6.07 Å². The highest BCUT2D eigenvalue weighted by Crippen LogP contribution is 2.17. The van der Waals surface area contributed by atoms with E-state index in [1.165, 1.54) is 12.1 Å². The van der Waals surface area contributed by atoms with Gasteiger partial charge in [-0.3, -0.25) is 4.79 Å². The second kappa shape index (κ2) is 7.92. The number of carbonyl (C=O) groups excluding carboxylic acids is 1. The van der Waals surface area contributed by atoms with Crippen LogP contribution in [0, 0.1) is 17.1 Å². The minimum atomic E-state index is -1.24. The van der Waals surface area contributed by atoms with Gasteiger partial charge in [0.25, 0.3) is 5.91 Å². The first-order valence-corrected chi connectivity index (χ1v) is 7.06. The van der Waals surface area contributed by atoms with Crippen LogP contribution in [0.3, 0.4) is 0 Å². The van der Waals surface area contributed by atoms with Gasteiger partial charge in [0.15, 0.2) is 6.10 Å². The van der Waals surface area contributed by atoms with Crippen LogP contribution in [0.25, 0.3) is 0 Å². The Morgan fingerprint density at radius 2 is 1.91 bits per heavy atom. The summed E-state index contributed by atoms with van der Waals surface area (Å²) in [6.45, 7) is 0.523. The van der Waals surface area contributed by atoms with Crippen LogP contribution in [0.15, 0.2) is 48.5 Å². The van der Waals surface area contributed by atoms with Gasteiger partial charge in [0.1, 0.15) is 17.4 Å². The number of benzene rings is 2. The molecule has 0 heterocycles. The third kappa shape index (κ3) is 4.28. The van der Waals surface area contributed by atoms with E-state index in [4.69, 9.17) is 5.26 Å². The molecule has 0 spiro atoms. The fraction of sp³-hybridized carbons (Fsp3) is 0.176. The molecule has 2 aromatic carbocycles. The Kier molecular flexibility index (Phi) is 5.67. The highest BCUT2D eigenvalue weighted by Gasteiger charge is 2.16. The molecule has 0 aromatic heterocycles. The number of nitrogens with zero attached hydrogens (tertiary/aromatic N) is 1. The normalized spacial score (nSPS) is 11.3. The van der Waals surface area contributed by atoms with Crippen molar-refractivity contribution in [2.45, 2.75) is 6.10 Å². The first-order chi connectivity index (χ1) is 11.1. The van der Waals surface area contributed by atoms with Crippen LogP contribution < -0.4 is 10.6 Å². The lowest BCUT2D eigenvalue weighted by Gasteiger charge is -2.13. The van der Waals surface area contributed by atoms with E-state index >= 15 is 0 Å². The van der Waals surface area contributed by atoms with E-state index in [0.29, 0.717) is 17.8 Å². The van der Waals surface area contributed by atoms with E-state index < -0.39 is 17.8 Å². The van der Waals surface area contributed by atoms with E-state index in [9.17, 15) is 14.3 Å². The quantitative estimate of drug-likeness (QED) is 0.712. The minimum Gasteiger partial charge on any atom is -0.382 e. The number of amides is 1. The van der Waals surface area contributed by atoms with Gasteiger partial charge in [-0.25, -0.2) is 4.39 Å². The van der Waals surface area contributed by atoms with Gasteiger partial charge in [-0.1, -0.05) is 36.4 Å². The molecule has 1 atom stereocenters. The summed E-state index contributed by atoms with van der Waals surface area (Å²) in [5.41, 5.74) is 0.809. The maximum Gasteiger partial charge on any atom is 0.253 e. The number of aliphatic hydroxyl groups is 1. The lowest BCUT2D eigenvalue weighted by Crippen LogP contribution is -2.33. The van der Waals surface area contributed by atoms with E-state index in [0.717, 1.165) is 0 Å². The average Bonchev–Trinajstić information content (AvgIpc) is 2.58. The summed E-state index contributed by atoms with van der Waals surface area (Å²) in [4.78, 5) is 11.8. The zero-order valence-corrected chi connectivity index (χ0v) is 12.3. The second-order valence-corrected chi connectivity index (χ2v) is 4.81. The van der Waals surface area contributed by atoms with Crippen molar-refractivity contribution in [1.82, 2.24) is 5.32 Å². The predicted molar refractivity (Wildman–Crippen MR) is 84.0 cm³/mol. The zero-order valence-electron chi connectivity index (χ0n) is 12.3. The van der Waals surface area contributed by atoms with Crippen molar-refractivity contribution in [2.24, 2.45) is 0 Å². The molecule has 2 aromatic rings. The highest BCUT2D eigenvalue weighted by atomic mass is 19.1. The Morgan fingerprint density at radius 1 is 1.17 bits per heavy atom.